The molecule has 0 bridgehead atoms. The zero-order valence-corrected chi connectivity index (χ0v) is 13.7. The molecule has 23 heavy (non-hydrogen) atoms. The van der Waals surface area contributed by atoms with Crippen molar-refractivity contribution in [3.63, 3.8) is 0 Å². The highest BCUT2D eigenvalue weighted by Gasteiger charge is 2.27. The minimum atomic E-state index is -2.96. The third kappa shape index (κ3) is 3.29. The maximum absolute atomic E-state index is 12.6. The Bertz CT molecular complexity index is 762. The molecule has 1 aromatic heterocycles. The van der Waals surface area contributed by atoms with Crippen LogP contribution in [-0.4, -0.2) is 22.5 Å². The molecule has 1 heterocycles. The fraction of sp³-hybridized carbons (Fsp3) is 0.333. The highest BCUT2D eigenvalue weighted by molar-refractivity contribution is 9.10. The van der Waals surface area contributed by atoms with E-state index in [1.54, 1.807) is 17.9 Å². The van der Waals surface area contributed by atoms with Crippen LogP contribution in [0.1, 0.15) is 18.4 Å². The average Bonchev–Trinajstić information content (AvgIpc) is 3.22. The maximum Gasteiger partial charge on any atom is 0.387 e. The molecule has 1 saturated carbocycles. The van der Waals surface area contributed by atoms with E-state index in [9.17, 15) is 14.0 Å². The molecule has 1 aliphatic rings. The van der Waals surface area contributed by atoms with Gasteiger partial charge in [0.1, 0.15) is 23.1 Å². The van der Waals surface area contributed by atoms with Gasteiger partial charge in [-0.05, 0) is 34.8 Å². The first-order chi connectivity index (χ1) is 11.0. The van der Waals surface area contributed by atoms with Crippen molar-refractivity contribution in [2.24, 2.45) is 7.05 Å². The minimum absolute atomic E-state index is 0.0201. The van der Waals surface area contributed by atoms with Crippen molar-refractivity contribution in [2.45, 2.75) is 25.6 Å². The van der Waals surface area contributed by atoms with Gasteiger partial charge in [-0.1, -0.05) is 0 Å². The summed E-state index contributed by atoms with van der Waals surface area (Å²) in [6.07, 6.45) is 3.36. The van der Waals surface area contributed by atoms with E-state index in [2.05, 4.69) is 31.8 Å². The second kappa shape index (κ2) is 6.16. The lowest BCUT2D eigenvalue weighted by atomic mass is 10.0. The van der Waals surface area contributed by atoms with Crippen LogP contribution in [0, 0.1) is 11.3 Å². The Labute approximate surface area is 139 Å². The Balaban J connectivity index is 2.17. The molecule has 2 aromatic rings. The van der Waals surface area contributed by atoms with Gasteiger partial charge in [-0.25, -0.2) is 0 Å². The number of aryl methyl sites for hydroxylation is 1. The first-order valence-corrected chi connectivity index (χ1v) is 7.66. The lowest BCUT2D eigenvalue weighted by Gasteiger charge is -2.14. The van der Waals surface area contributed by atoms with Crippen molar-refractivity contribution in [3.05, 3.63) is 28.4 Å². The minimum Gasteiger partial charge on any atom is -0.489 e. The summed E-state index contributed by atoms with van der Waals surface area (Å²) in [4.78, 5) is 0. The molecule has 1 fully saturated rings. The summed E-state index contributed by atoms with van der Waals surface area (Å²) < 4.78 is 37.6. The van der Waals surface area contributed by atoms with E-state index < -0.39 is 6.61 Å². The summed E-state index contributed by atoms with van der Waals surface area (Å²) in [6.45, 7) is -2.96. The van der Waals surface area contributed by atoms with Crippen molar-refractivity contribution in [2.75, 3.05) is 0 Å². The van der Waals surface area contributed by atoms with Gasteiger partial charge in [-0.15, -0.1) is 0 Å². The molecule has 1 aromatic carbocycles. The Hall–Kier alpha value is -2.14. The van der Waals surface area contributed by atoms with Crippen molar-refractivity contribution in [1.29, 1.82) is 5.26 Å². The average molecular weight is 384 g/mol. The first-order valence-electron chi connectivity index (χ1n) is 6.87. The Morgan fingerprint density at radius 3 is 2.70 bits per heavy atom. The highest BCUT2D eigenvalue weighted by Crippen LogP contribution is 2.40. The molecule has 0 radical (unpaired) electrons. The largest absolute Gasteiger partial charge is 0.489 e. The highest BCUT2D eigenvalue weighted by atomic mass is 79.9. The van der Waals surface area contributed by atoms with Gasteiger partial charge in [0.15, 0.2) is 0 Å². The monoisotopic (exact) mass is 383 g/mol. The van der Waals surface area contributed by atoms with Crippen molar-refractivity contribution < 1.29 is 18.3 Å². The molecule has 0 amide bonds. The van der Waals surface area contributed by atoms with Crippen LogP contribution in [0.15, 0.2) is 22.8 Å². The van der Waals surface area contributed by atoms with Gasteiger partial charge in [-0.3, -0.25) is 4.68 Å². The van der Waals surface area contributed by atoms with E-state index in [1.165, 1.54) is 12.1 Å². The molecule has 3 rings (SSSR count). The summed E-state index contributed by atoms with van der Waals surface area (Å²) in [5, 5.41) is 13.6. The predicted octanol–water partition coefficient (Wildman–Crippen LogP) is 3.86. The van der Waals surface area contributed by atoms with Gasteiger partial charge in [0.2, 0.25) is 0 Å². The Morgan fingerprint density at radius 2 is 2.17 bits per heavy atom. The smallest absolute Gasteiger partial charge is 0.387 e. The van der Waals surface area contributed by atoms with E-state index in [1.807, 2.05) is 0 Å². The van der Waals surface area contributed by atoms with Gasteiger partial charge in [0.05, 0.1) is 22.5 Å². The number of benzene rings is 1. The van der Waals surface area contributed by atoms with E-state index in [0.29, 0.717) is 15.7 Å². The number of alkyl halides is 2. The van der Waals surface area contributed by atoms with Gasteiger partial charge in [0.25, 0.3) is 0 Å². The second-order valence-electron chi connectivity index (χ2n) is 5.12. The quantitative estimate of drug-likeness (QED) is 0.786. The molecule has 0 saturated heterocycles. The van der Waals surface area contributed by atoms with Gasteiger partial charge < -0.3 is 9.47 Å². The Kier molecular flexibility index (Phi) is 4.22. The molecule has 5 nitrogen and oxygen atoms in total. The number of hydrogen-bond acceptors (Lipinski definition) is 4. The second-order valence-corrected chi connectivity index (χ2v) is 5.97. The molecule has 0 spiro atoms. The topological polar surface area (TPSA) is 60.1 Å². The van der Waals surface area contributed by atoms with E-state index in [-0.39, 0.29) is 23.2 Å². The van der Waals surface area contributed by atoms with Crippen LogP contribution < -0.4 is 9.47 Å². The van der Waals surface area contributed by atoms with Crippen LogP contribution in [0.2, 0.25) is 0 Å². The summed E-state index contributed by atoms with van der Waals surface area (Å²) in [6, 6.07) is 4.82. The zero-order chi connectivity index (χ0) is 16.6. The number of rotatable bonds is 5. The third-order valence-corrected chi connectivity index (χ3v) is 3.96. The first kappa shape index (κ1) is 15.7. The summed E-state index contributed by atoms with van der Waals surface area (Å²) >= 11 is 3.36. The lowest BCUT2D eigenvalue weighted by molar-refractivity contribution is -0.0499. The number of hydrogen-bond donors (Lipinski definition) is 0. The maximum atomic E-state index is 12.6. The van der Waals surface area contributed by atoms with Crippen LogP contribution in [0.4, 0.5) is 8.78 Å². The number of halogens is 3. The molecular formula is C15H12BrF2N3O2. The molecule has 8 heteroatoms. The SMILES string of the molecule is Cn1ncc(Br)c1-c1cc(OC(F)F)cc(OC2CC2)c1C#N. The van der Waals surface area contributed by atoms with Crippen molar-refractivity contribution in [3.8, 4) is 28.8 Å². The molecule has 1 aliphatic carbocycles. The summed E-state index contributed by atoms with van der Waals surface area (Å²) in [5.41, 5.74) is 1.28. The molecule has 0 aliphatic heterocycles. The zero-order valence-electron chi connectivity index (χ0n) is 12.1. The van der Waals surface area contributed by atoms with Crippen LogP contribution >= 0.6 is 15.9 Å². The Morgan fingerprint density at radius 1 is 1.43 bits per heavy atom. The standard InChI is InChI=1S/C15H12BrF2N3O2/c1-21-14(12(16)7-20-21)10-4-9(23-15(17)18)5-13(11(10)6-19)22-8-2-3-8/h4-5,7-8,15H,2-3H2,1H3. The van der Waals surface area contributed by atoms with E-state index in [4.69, 9.17) is 4.74 Å². The number of ether oxygens (including phenoxy) is 2. The van der Waals surface area contributed by atoms with E-state index >= 15 is 0 Å². The molecule has 0 N–H and O–H groups in total. The van der Waals surface area contributed by atoms with E-state index in [0.717, 1.165) is 12.8 Å². The predicted molar refractivity (Wildman–Crippen MR) is 81.3 cm³/mol. The summed E-state index contributed by atoms with van der Waals surface area (Å²) in [5.74, 6) is 0.189. The summed E-state index contributed by atoms with van der Waals surface area (Å²) in [7, 11) is 1.70. The van der Waals surface area contributed by atoms with Crippen molar-refractivity contribution >= 4 is 15.9 Å². The number of nitrogens with zero attached hydrogens (tertiary/aromatic N) is 3. The normalized spacial score (nSPS) is 13.9. The molecule has 0 unspecified atom stereocenters. The van der Waals surface area contributed by atoms with Crippen LogP contribution in [0.25, 0.3) is 11.3 Å². The molecule has 0 atom stereocenters. The molecular weight excluding hydrogens is 372 g/mol. The van der Waals surface area contributed by atoms with Crippen molar-refractivity contribution in [1.82, 2.24) is 9.78 Å². The lowest BCUT2D eigenvalue weighted by Crippen LogP contribution is -2.06. The third-order valence-electron chi connectivity index (χ3n) is 3.38. The molecule has 120 valence electrons. The number of nitriles is 1. The van der Waals surface area contributed by atoms with Crippen LogP contribution in [-0.2, 0) is 7.05 Å². The fourth-order valence-corrected chi connectivity index (χ4v) is 2.80. The van der Waals surface area contributed by atoms with Gasteiger partial charge in [0, 0.05) is 18.7 Å². The van der Waals surface area contributed by atoms with Crippen LogP contribution in [0.5, 0.6) is 11.5 Å². The fourth-order valence-electron chi connectivity index (χ4n) is 2.24. The van der Waals surface area contributed by atoms with Gasteiger partial charge in [-0.2, -0.15) is 19.1 Å². The number of aromatic nitrogens is 2. The van der Waals surface area contributed by atoms with Gasteiger partial charge >= 0.3 is 6.61 Å². The van der Waals surface area contributed by atoms with Crippen LogP contribution in [0.3, 0.4) is 0 Å².